The van der Waals surface area contributed by atoms with Gasteiger partial charge in [0.15, 0.2) is 5.16 Å². The highest BCUT2D eigenvalue weighted by Gasteiger charge is 2.14. The van der Waals surface area contributed by atoms with Crippen LogP contribution in [0.2, 0.25) is 0 Å². The van der Waals surface area contributed by atoms with Crippen molar-refractivity contribution in [3.05, 3.63) is 108 Å². The Bertz CT molecular complexity index is 1130. The van der Waals surface area contributed by atoms with Gasteiger partial charge in [-0.15, -0.1) is 10.2 Å². The van der Waals surface area contributed by atoms with Crippen molar-refractivity contribution in [2.24, 2.45) is 0 Å². The van der Waals surface area contributed by atoms with Gasteiger partial charge in [-0.1, -0.05) is 90.6 Å². The van der Waals surface area contributed by atoms with E-state index in [0.29, 0.717) is 13.0 Å². The lowest BCUT2D eigenvalue weighted by molar-refractivity contribution is -0.121. The summed E-state index contributed by atoms with van der Waals surface area (Å²) < 4.78 is 2.14. The second-order valence-electron chi connectivity index (χ2n) is 7.81. The molecule has 0 unspecified atom stereocenters. The third-order valence-corrected chi connectivity index (χ3v) is 6.31. The quantitative estimate of drug-likeness (QED) is 0.236. The van der Waals surface area contributed by atoms with Crippen LogP contribution in [0.4, 0.5) is 0 Å². The summed E-state index contributed by atoms with van der Waals surface area (Å²) in [6, 6.07) is 30.6. The van der Waals surface area contributed by atoms with E-state index in [-0.39, 0.29) is 5.91 Å². The van der Waals surface area contributed by atoms with E-state index in [0.717, 1.165) is 47.2 Å². The van der Waals surface area contributed by atoms with Crippen LogP contribution in [0.5, 0.6) is 0 Å². The van der Waals surface area contributed by atoms with Crippen molar-refractivity contribution in [3.63, 3.8) is 0 Å². The highest BCUT2D eigenvalue weighted by Crippen LogP contribution is 2.26. The topological polar surface area (TPSA) is 59.8 Å². The van der Waals surface area contributed by atoms with E-state index in [4.69, 9.17) is 0 Å². The molecule has 0 atom stereocenters. The molecule has 4 aromatic rings. The number of hydrogen-bond acceptors (Lipinski definition) is 4. The van der Waals surface area contributed by atoms with Crippen molar-refractivity contribution in [2.75, 3.05) is 0 Å². The number of nitrogens with one attached hydrogen (secondary N) is 1. The predicted octanol–water partition coefficient (Wildman–Crippen LogP) is 5.59. The molecule has 3 aromatic carbocycles. The van der Waals surface area contributed by atoms with Gasteiger partial charge in [0.2, 0.25) is 5.91 Å². The Morgan fingerprint density at radius 2 is 1.42 bits per heavy atom. The Labute approximate surface area is 199 Å². The van der Waals surface area contributed by atoms with Gasteiger partial charge >= 0.3 is 0 Å². The molecule has 4 rings (SSSR count). The molecule has 0 saturated carbocycles. The molecule has 0 radical (unpaired) electrons. The minimum atomic E-state index is 0.0856. The zero-order valence-corrected chi connectivity index (χ0v) is 19.4. The summed E-state index contributed by atoms with van der Waals surface area (Å²) in [5.74, 6) is 1.86. The minimum Gasteiger partial charge on any atom is -0.352 e. The number of thioether (sulfide) groups is 1. The van der Waals surface area contributed by atoms with Crippen molar-refractivity contribution >= 4 is 17.7 Å². The molecule has 0 fully saturated rings. The van der Waals surface area contributed by atoms with Gasteiger partial charge in [-0.3, -0.25) is 9.36 Å². The Kier molecular flexibility index (Phi) is 8.30. The van der Waals surface area contributed by atoms with Crippen LogP contribution in [-0.2, 0) is 23.5 Å². The number of amides is 1. The van der Waals surface area contributed by atoms with Gasteiger partial charge in [0.05, 0.1) is 0 Å². The Morgan fingerprint density at radius 3 is 2.12 bits per heavy atom. The summed E-state index contributed by atoms with van der Waals surface area (Å²) in [5.41, 5.74) is 3.43. The fraction of sp³-hybridized carbons (Fsp3) is 0.222. The maximum Gasteiger partial charge on any atom is 0.220 e. The molecule has 0 saturated heterocycles. The number of nitrogens with zero attached hydrogens (tertiary/aromatic N) is 3. The average molecular weight is 457 g/mol. The van der Waals surface area contributed by atoms with Crippen molar-refractivity contribution in [1.82, 2.24) is 20.1 Å². The number of hydrogen-bond donors (Lipinski definition) is 1. The van der Waals surface area contributed by atoms with Crippen LogP contribution in [0.25, 0.3) is 5.69 Å². The molecule has 1 N–H and O–H groups in total. The maximum atomic E-state index is 12.2. The molecular formula is C27H28N4OS. The summed E-state index contributed by atoms with van der Waals surface area (Å²) in [7, 11) is 0. The van der Waals surface area contributed by atoms with E-state index in [1.165, 1.54) is 5.56 Å². The first-order valence-corrected chi connectivity index (χ1v) is 12.3. The van der Waals surface area contributed by atoms with Crippen LogP contribution in [0.15, 0.2) is 96.2 Å². The van der Waals surface area contributed by atoms with Gasteiger partial charge < -0.3 is 5.32 Å². The van der Waals surface area contributed by atoms with Gasteiger partial charge in [0.1, 0.15) is 5.82 Å². The lowest BCUT2D eigenvalue weighted by Gasteiger charge is -2.10. The van der Waals surface area contributed by atoms with Crippen molar-refractivity contribution in [2.45, 2.75) is 43.1 Å². The van der Waals surface area contributed by atoms with Crippen LogP contribution in [0, 0.1) is 0 Å². The minimum absolute atomic E-state index is 0.0856. The molecule has 33 heavy (non-hydrogen) atoms. The van der Waals surface area contributed by atoms with Gasteiger partial charge in [0.25, 0.3) is 0 Å². The van der Waals surface area contributed by atoms with Gasteiger partial charge in [-0.25, -0.2) is 0 Å². The fourth-order valence-corrected chi connectivity index (χ4v) is 4.49. The summed E-state index contributed by atoms with van der Waals surface area (Å²) in [6.07, 6.45) is 2.99. The lowest BCUT2D eigenvalue weighted by Crippen LogP contribution is -2.22. The molecule has 0 aliphatic heterocycles. The van der Waals surface area contributed by atoms with E-state index in [9.17, 15) is 4.79 Å². The summed E-state index contributed by atoms with van der Waals surface area (Å²) in [4.78, 5) is 12.2. The standard InChI is InChI=1S/C27H28N4OS/c32-26(28-20-22-12-4-1-5-13-22)19-11-10-18-25-29-30-27(31(25)24-16-8-3-9-17-24)33-21-23-14-6-2-7-15-23/h1-9,12-17H,10-11,18-21H2,(H,28,32). The number of para-hydroxylation sites is 1. The SMILES string of the molecule is O=C(CCCCc1nnc(SCc2ccccc2)n1-c1ccccc1)NCc1ccccc1. The average Bonchev–Trinajstić information content (AvgIpc) is 3.28. The number of carbonyl (C=O) groups excluding carboxylic acids is 1. The predicted molar refractivity (Wildman–Crippen MR) is 133 cm³/mol. The van der Waals surface area contributed by atoms with Crippen LogP contribution >= 0.6 is 11.8 Å². The normalized spacial score (nSPS) is 10.8. The monoisotopic (exact) mass is 456 g/mol. The zero-order valence-electron chi connectivity index (χ0n) is 18.6. The van der Waals surface area contributed by atoms with Crippen molar-refractivity contribution in [1.29, 1.82) is 0 Å². The van der Waals surface area contributed by atoms with Crippen LogP contribution in [-0.4, -0.2) is 20.7 Å². The number of aryl methyl sites for hydroxylation is 1. The number of aromatic nitrogens is 3. The molecule has 5 nitrogen and oxygen atoms in total. The number of benzene rings is 3. The first kappa shape index (κ1) is 22.8. The first-order valence-electron chi connectivity index (χ1n) is 11.3. The third-order valence-electron chi connectivity index (χ3n) is 5.31. The van der Waals surface area contributed by atoms with E-state index >= 15 is 0 Å². The molecule has 0 aliphatic rings. The summed E-state index contributed by atoms with van der Waals surface area (Å²) >= 11 is 1.69. The smallest absolute Gasteiger partial charge is 0.220 e. The van der Waals surface area contributed by atoms with E-state index in [2.05, 4.69) is 56.5 Å². The van der Waals surface area contributed by atoms with E-state index in [1.807, 2.05) is 54.6 Å². The van der Waals surface area contributed by atoms with Crippen LogP contribution < -0.4 is 5.32 Å². The number of unbranched alkanes of at least 4 members (excludes halogenated alkanes) is 1. The van der Waals surface area contributed by atoms with Gasteiger partial charge in [-0.05, 0) is 36.1 Å². The highest BCUT2D eigenvalue weighted by atomic mass is 32.2. The van der Waals surface area contributed by atoms with Crippen LogP contribution in [0.3, 0.4) is 0 Å². The number of carbonyl (C=O) groups is 1. The molecule has 168 valence electrons. The fourth-order valence-electron chi connectivity index (χ4n) is 3.57. The third kappa shape index (κ3) is 6.80. The summed E-state index contributed by atoms with van der Waals surface area (Å²) in [6.45, 7) is 0.573. The number of rotatable bonds is 11. The Hall–Kier alpha value is -3.38. The van der Waals surface area contributed by atoms with E-state index in [1.54, 1.807) is 11.8 Å². The van der Waals surface area contributed by atoms with E-state index < -0.39 is 0 Å². The largest absolute Gasteiger partial charge is 0.352 e. The Balaban J connectivity index is 1.33. The maximum absolute atomic E-state index is 12.2. The lowest BCUT2D eigenvalue weighted by atomic mass is 10.1. The second-order valence-corrected chi connectivity index (χ2v) is 8.76. The first-order chi connectivity index (χ1) is 16.3. The molecule has 0 aliphatic carbocycles. The van der Waals surface area contributed by atoms with Crippen molar-refractivity contribution < 1.29 is 4.79 Å². The highest BCUT2D eigenvalue weighted by molar-refractivity contribution is 7.98. The zero-order chi connectivity index (χ0) is 22.7. The second kappa shape index (κ2) is 12.0. The molecule has 0 spiro atoms. The van der Waals surface area contributed by atoms with Crippen LogP contribution in [0.1, 0.15) is 36.2 Å². The van der Waals surface area contributed by atoms with Gasteiger partial charge in [-0.2, -0.15) is 0 Å². The summed E-state index contributed by atoms with van der Waals surface area (Å²) in [5, 5.41) is 12.9. The molecule has 0 bridgehead atoms. The molecule has 1 amide bonds. The molecule has 6 heteroatoms. The van der Waals surface area contributed by atoms with Gasteiger partial charge in [0, 0.05) is 30.8 Å². The molecule has 1 heterocycles. The Morgan fingerprint density at radius 1 is 0.788 bits per heavy atom. The van der Waals surface area contributed by atoms with Crippen molar-refractivity contribution in [3.8, 4) is 5.69 Å². The molecular weight excluding hydrogens is 428 g/mol. The molecule has 1 aromatic heterocycles.